The van der Waals surface area contributed by atoms with E-state index in [0.29, 0.717) is 18.7 Å². The van der Waals surface area contributed by atoms with Gasteiger partial charge in [-0.05, 0) is 76.8 Å². The van der Waals surface area contributed by atoms with Crippen molar-refractivity contribution < 1.29 is 31.9 Å². The predicted octanol–water partition coefficient (Wildman–Crippen LogP) is 5.03. The number of fused-ring (bicyclic) bond motifs is 2. The van der Waals surface area contributed by atoms with E-state index in [-0.39, 0.29) is 40.4 Å². The molecule has 1 aromatic carbocycles. The number of hydrogen-bond donors (Lipinski definition) is 2. The van der Waals surface area contributed by atoms with Crippen LogP contribution in [0, 0.1) is 5.82 Å². The van der Waals surface area contributed by atoms with Crippen LogP contribution in [0.5, 0.6) is 5.75 Å². The third-order valence-electron chi connectivity index (χ3n) is 6.99. The van der Waals surface area contributed by atoms with Crippen molar-refractivity contribution in [2.75, 3.05) is 4.90 Å². The van der Waals surface area contributed by atoms with Gasteiger partial charge in [0.1, 0.15) is 23.4 Å². The summed E-state index contributed by atoms with van der Waals surface area (Å²) in [6.45, 7) is 4.11. The molecule has 2 aliphatic rings. The van der Waals surface area contributed by atoms with E-state index in [4.69, 9.17) is 16.3 Å². The van der Waals surface area contributed by atoms with Crippen molar-refractivity contribution in [2.24, 2.45) is 0 Å². The van der Waals surface area contributed by atoms with Crippen molar-refractivity contribution in [3.8, 4) is 5.75 Å². The van der Waals surface area contributed by atoms with Crippen molar-refractivity contribution in [1.82, 2.24) is 15.6 Å². The first-order valence-electron chi connectivity index (χ1n) is 12.3. The van der Waals surface area contributed by atoms with Crippen LogP contribution in [0.1, 0.15) is 56.8 Å². The molecule has 4 rings (SSSR count). The Kier molecular flexibility index (Phi) is 7.79. The molecule has 0 radical (unpaired) electrons. The van der Waals surface area contributed by atoms with Gasteiger partial charge < -0.3 is 20.3 Å². The van der Waals surface area contributed by atoms with Gasteiger partial charge in [-0.15, -0.1) is 0 Å². The SMILES string of the molecule is C[C@H](NC(=O)c1ccc(N2[C@@H]3CC[C@H]2C[C@@H](NC(=O)C(C)(C)Oc2ccc(F)cc2Cl)C3)nc1)C(F)(F)F. The molecule has 12 heteroatoms. The molecule has 2 aliphatic heterocycles. The molecule has 2 fully saturated rings. The Bertz CT molecular complexity index is 1180. The Labute approximate surface area is 222 Å². The van der Waals surface area contributed by atoms with Crippen LogP contribution in [0.4, 0.5) is 23.4 Å². The fourth-order valence-electron chi connectivity index (χ4n) is 4.94. The summed E-state index contributed by atoms with van der Waals surface area (Å²) in [7, 11) is 0. The van der Waals surface area contributed by atoms with Crippen LogP contribution in [0.2, 0.25) is 5.02 Å². The van der Waals surface area contributed by atoms with Gasteiger partial charge in [0, 0.05) is 24.3 Å². The average molecular weight is 557 g/mol. The molecule has 1 aromatic heterocycles. The molecule has 0 saturated carbocycles. The second kappa shape index (κ2) is 10.6. The fraction of sp³-hybridized carbons (Fsp3) is 0.500. The lowest BCUT2D eigenvalue weighted by molar-refractivity contribution is -0.149. The Hall–Kier alpha value is -3.08. The largest absolute Gasteiger partial charge is 0.476 e. The summed E-state index contributed by atoms with van der Waals surface area (Å²) in [6, 6.07) is 4.95. The molecule has 2 amide bonds. The van der Waals surface area contributed by atoms with Gasteiger partial charge in [-0.3, -0.25) is 9.59 Å². The third-order valence-corrected chi connectivity index (χ3v) is 7.28. The molecular weight excluding hydrogens is 528 g/mol. The monoisotopic (exact) mass is 556 g/mol. The molecule has 0 spiro atoms. The zero-order valence-corrected chi connectivity index (χ0v) is 21.9. The maximum absolute atomic E-state index is 13.3. The first kappa shape index (κ1) is 27.9. The first-order chi connectivity index (χ1) is 17.7. The van der Waals surface area contributed by atoms with E-state index >= 15 is 0 Å². The molecular formula is C26H29ClF4N4O3. The number of aromatic nitrogens is 1. The lowest BCUT2D eigenvalue weighted by atomic mass is 9.96. The fourth-order valence-corrected chi connectivity index (χ4v) is 5.15. The number of halogens is 5. The van der Waals surface area contributed by atoms with Gasteiger partial charge in [0.2, 0.25) is 0 Å². The van der Waals surface area contributed by atoms with Crippen LogP contribution in [0.3, 0.4) is 0 Å². The molecule has 0 aliphatic carbocycles. The van der Waals surface area contributed by atoms with Gasteiger partial charge in [0.15, 0.2) is 5.60 Å². The highest BCUT2D eigenvalue weighted by atomic mass is 35.5. The number of anilines is 1. The zero-order chi connectivity index (χ0) is 27.8. The first-order valence-corrected chi connectivity index (χ1v) is 12.7. The second-order valence-corrected chi connectivity index (χ2v) is 10.7. The average Bonchev–Trinajstić information content (AvgIpc) is 3.10. The Morgan fingerprint density at radius 2 is 1.79 bits per heavy atom. The number of nitrogens with zero attached hydrogens (tertiary/aromatic N) is 2. The normalized spacial score (nSPS) is 22.1. The standard InChI is InChI=1S/C26H29ClF4N4O3/c1-14(26(29,30)31)33-23(36)15-4-9-22(32-13-15)35-18-6-7-19(35)12-17(11-18)34-24(37)25(2,3)38-21-8-5-16(28)10-20(21)27/h4-5,8-10,13-14,17-19H,6-7,11-12H2,1-3H3,(H,33,36)(H,34,37)/t14-,17-,18+,19-/m0/s1. The van der Waals surface area contributed by atoms with E-state index in [0.717, 1.165) is 25.8 Å². The zero-order valence-electron chi connectivity index (χ0n) is 21.1. The smallest absolute Gasteiger partial charge is 0.408 e. The summed E-state index contributed by atoms with van der Waals surface area (Å²) < 4.78 is 57.4. The molecule has 2 N–H and O–H groups in total. The van der Waals surface area contributed by atoms with Gasteiger partial charge in [-0.25, -0.2) is 9.37 Å². The van der Waals surface area contributed by atoms with Crippen LogP contribution in [0.25, 0.3) is 0 Å². The number of hydrogen-bond acceptors (Lipinski definition) is 5. The minimum absolute atomic E-state index is 0.0443. The van der Waals surface area contributed by atoms with Crippen molar-refractivity contribution in [3.63, 3.8) is 0 Å². The molecule has 3 heterocycles. The van der Waals surface area contributed by atoms with Crippen molar-refractivity contribution in [1.29, 1.82) is 0 Å². The Morgan fingerprint density at radius 3 is 2.34 bits per heavy atom. The number of alkyl halides is 3. The second-order valence-electron chi connectivity index (χ2n) is 10.3. The van der Waals surface area contributed by atoms with Crippen molar-refractivity contribution >= 4 is 29.2 Å². The number of rotatable bonds is 7. The van der Waals surface area contributed by atoms with E-state index < -0.39 is 29.5 Å². The Balaban J connectivity index is 1.36. The molecule has 2 saturated heterocycles. The van der Waals surface area contributed by atoms with E-state index in [1.165, 1.54) is 24.4 Å². The van der Waals surface area contributed by atoms with E-state index in [1.807, 2.05) is 5.32 Å². The van der Waals surface area contributed by atoms with Crippen LogP contribution >= 0.6 is 11.6 Å². The maximum Gasteiger partial charge on any atom is 0.408 e. The lowest BCUT2D eigenvalue weighted by Crippen LogP contribution is -2.55. The number of amides is 2. The molecule has 206 valence electrons. The lowest BCUT2D eigenvalue weighted by Gasteiger charge is -2.40. The summed E-state index contributed by atoms with van der Waals surface area (Å²) in [5, 5.41) is 5.07. The maximum atomic E-state index is 13.3. The molecule has 0 unspecified atom stereocenters. The number of pyridine rings is 1. The van der Waals surface area contributed by atoms with Gasteiger partial charge in [0.05, 0.1) is 10.6 Å². The molecule has 38 heavy (non-hydrogen) atoms. The summed E-state index contributed by atoms with van der Waals surface area (Å²) in [5.74, 6) is -0.825. The number of ether oxygens (including phenoxy) is 1. The number of nitrogens with one attached hydrogen (secondary N) is 2. The van der Waals surface area contributed by atoms with Gasteiger partial charge in [-0.1, -0.05) is 11.6 Å². The highest BCUT2D eigenvalue weighted by Gasteiger charge is 2.43. The highest BCUT2D eigenvalue weighted by molar-refractivity contribution is 6.32. The van der Waals surface area contributed by atoms with Crippen LogP contribution < -0.4 is 20.3 Å². The van der Waals surface area contributed by atoms with Crippen LogP contribution in [-0.2, 0) is 4.79 Å². The van der Waals surface area contributed by atoms with E-state index in [1.54, 1.807) is 19.9 Å². The van der Waals surface area contributed by atoms with E-state index in [2.05, 4.69) is 15.2 Å². The third kappa shape index (κ3) is 6.14. The van der Waals surface area contributed by atoms with E-state index in [9.17, 15) is 27.2 Å². The van der Waals surface area contributed by atoms with Crippen molar-refractivity contribution in [2.45, 2.75) is 82.4 Å². The van der Waals surface area contributed by atoms with Gasteiger partial charge >= 0.3 is 6.18 Å². The molecule has 2 aromatic rings. The minimum Gasteiger partial charge on any atom is -0.476 e. The topological polar surface area (TPSA) is 83.6 Å². The van der Waals surface area contributed by atoms with Gasteiger partial charge in [-0.2, -0.15) is 13.2 Å². The number of benzene rings is 1. The van der Waals surface area contributed by atoms with Crippen LogP contribution in [-0.4, -0.2) is 52.7 Å². The summed E-state index contributed by atoms with van der Waals surface area (Å²) in [5.41, 5.74) is -1.21. The molecule has 4 atom stereocenters. The summed E-state index contributed by atoms with van der Waals surface area (Å²) >= 11 is 6.04. The molecule has 2 bridgehead atoms. The Morgan fingerprint density at radius 1 is 1.13 bits per heavy atom. The van der Waals surface area contributed by atoms with Crippen molar-refractivity contribution in [3.05, 3.63) is 52.9 Å². The number of carbonyl (C=O) groups is 2. The van der Waals surface area contributed by atoms with Gasteiger partial charge in [0.25, 0.3) is 11.8 Å². The van der Waals surface area contributed by atoms with Crippen LogP contribution in [0.15, 0.2) is 36.5 Å². The number of piperidine rings is 1. The summed E-state index contributed by atoms with van der Waals surface area (Å²) in [6.07, 6.45) is -0.117. The predicted molar refractivity (Wildman–Crippen MR) is 134 cm³/mol. The quantitative estimate of drug-likeness (QED) is 0.468. The number of carbonyl (C=O) groups excluding carboxylic acids is 2. The molecule has 7 nitrogen and oxygen atoms in total. The summed E-state index contributed by atoms with van der Waals surface area (Å²) in [4.78, 5) is 31.7. The highest BCUT2D eigenvalue weighted by Crippen LogP contribution is 2.39. The minimum atomic E-state index is -4.53.